The lowest BCUT2D eigenvalue weighted by Gasteiger charge is -2.21. The maximum absolute atomic E-state index is 11.6. The summed E-state index contributed by atoms with van der Waals surface area (Å²) in [6.45, 7) is 22.5. The van der Waals surface area contributed by atoms with Crippen LogP contribution in [-0.2, 0) is 19.2 Å². The van der Waals surface area contributed by atoms with Crippen LogP contribution in [0, 0.1) is 55.4 Å². The Hall–Kier alpha value is -5.96. The Bertz CT molecular complexity index is 2220. The fourth-order valence-electron chi connectivity index (χ4n) is 8.35. The van der Waals surface area contributed by atoms with Gasteiger partial charge in [0.05, 0.1) is 24.2 Å². The Morgan fingerprint density at radius 2 is 0.605 bits per heavy atom. The van der Waals surface area contributed by atoms with Crippen molar-refractivity contribution < 1.29 is 23.3 Å². The molecule has 20 nitrogen and oxygen atoms in total. The number of anilines is 4. The molecule has 0 saturated carbocycles. The largest absolute Gasteiger partial charge is 0.354 e. The van der Waals surface area contributed by atoms with E-state index >= 15 is 0 Å². The Kier molecular flexibility index (Phi) is 29.8. The number of rotatable bonds is 28. The van der Waals surface area contributed by atoms with Crippen LogP contribution < -0.4 is 21.3 Å². The Labute approximate surface area is 460 Å². The van der Waals surface area contributed by atoms with Gasteiger partial charge in [-0.25, -0.2) is 39.9 Å². The van der Waals surface area contributed by atoms with Crippen LogP contribution in [0.4, 0.5) is 23.8 Å². The summed E-state index contributed by atoms with van der Waals surface area (Å²) in [5.74, 6) is 3.07. The van der Waals surface area contributed by atoms with Gasteiger partial charge in [0, 0.05) is 75.8 Å². The minimum Gasteiger partial charge on any atom is -0.354 e. The van der Waals surface area contributed by atoms with Gasteiger partial charge < -0.3 is 21.3 Å². The number of likely N-dealkylation sites (N-methyl/N-ethyl adjacent to an activating group) is 4. The molecular formula is C56H96N16O4. The fraction of sp³-hybridized carbons (Fsp3) is 0.643. The zero-order chi connectivity index (χ0) is 60.2. The second kappa shape index (κ2) is 36.1. The smallest absolute Gasteiger partial charge is 0.223 e. The van der Waals surface area contributed by atoms with Crippen LogP contribution in [0.2, 0.25) is 0 Å². The average Bonchev–Trinajstić information content (AvgIpc) is 3.29. The van der Waals surface area contributed by atoms with Crippen molar-refractivity contribution in [1.29, 1.82) is 0 Å². The van der Waals surface area contributed by atoms with Crippen LogP contribution in [0.3, 0.4) is 0 Å². The second-order valence-electron chi connectivity index (χ2n) is 20.2. The first kappa shape index (κ1) is 62.6. The number of aryl methyl sites for hydroxylation is 8. The molecule has 0 radical (unpaired) electrons. The molecule has 0 saturated heterocycles. The SMILES string of the molecule is CC(=[18O])C(CCCNc1[15n]c(C)cc(C)[15n]1)N([13CH3])[13CH3].Cc1cc(C)[15n]c(NCCC[13CH]([13C](C)=O)N([13CH3])[13CH3])[15n]1.Cc1cc(C)n[13c](N[13CH2][13CH2][13CH2][13CH]([13C](C)=O)N(C)C)n1.[2H]C([2H])([2H])N(C)C(CCCNc1nc(C)cc(C)n1)C(C)=O. The van der Waals surface area contributed by atoms with Crippen molar-refractivity contribution in [2.75, 3.05) is 104 Å². The highest BCUT2D eigenvalue weighted by Gasteiger charge is 2.19. The van der Waals surface area contributed by atoms with Crippen molar-refractivity contribution in [3.63, 3.8) is 0 Å². The number of nitrogens with one attached hydrogen (secondary N) is 4. The Balaban J connectivity index is 0.000000528. The van der Waals surface area contributed by atoms with E-state index in [1.165, 1.54) is 14.0 Å². The van der Waals surface area contributed by atoms with Crippen molar-refractivity contribution in [2.45, 2.75) is 159 Å². The number of hydrogen-bond acceptors (Lipinski definition) is 20. The van der Waals surface area contributed by atoms with Crippen LogP contribution in [0.25, 0.3) is 0 Å². The number of aromatic nitrogens is 8. The minimum absolute atomic E-state index is 0.00182. The van der Waals surface area contributed by atoms with Gasteiger partial charge in [-0.3, -0.25) is 38.8 Å². The fourth-order valence-corrected chi connectivity index (χ4v) is 8.35. The van der Waals surface area contributed by atoms with Crippen molar-refractivity contribution in [2.24, 2.45) is 0 Å². The summed E-state index contributed by atoms with van der Waals surface area (Å²) in [5.41, 5.74) is 7.55. The summed E-state index contributed by atoms with van der Waals surface area (Å²) in [4.78, 5) is 87.5. The number of carbonyl (C=O) groups is 4. The monoisotopic (exact) mass is 1080 g/mol. The first-order valence-electron chi connectivity index (χ1n) is 27.8. The van der Waals surface area contributed by atoms with Gasteiger partial charge in [-0.2, -0.15) is 0 Å². The van der Waals surface area contributed by atoms with Gasteiger partial charge in [-0.05, 0) is 215 Å². The molecule has 4 atom stereocenters. The lowest BCUT2D eigenvalue weighted by Crippen LogP contribution is -2.34. The maximum atomic E-state index is 11.6. The predicted octanol–water partition coefficient (Wildman–Crippen LogP) is 7.22. The molecule has 4 aromatic rings. The van der Waals surface area contributed by atoms with E-state index in [1.807, 2.05) is 137 Å². The van der Waals surface area contributed by atoms with E-state index in [9.17, 15) is 19.2 Å². The third kappa shape index (κ3) is 29.4. The zero-order valence-corrected chi connectivity index (χ0v) is 49.6. The molecule has 0 aliphatic carbocycles. The molecule has 0 amide bonds. The molecule has 4 aromatic heterocycles. The molecule has 0 aromatic carbocycles. The Morgan fingerprint density at radius 1 is 0.408 bits per heavy atom. The summed E-state index contributed by atoms with van der Waals surface area (Å²) >= 11 is 0. The summed E-state index contributed by atoms with van der Waals surface area (Å²) in [6.07, 6.45) is 6.42. The summed E-state index contributed by atoms with van der Waals surface area (Å²) in [6, 6.07) is 7.14. The predicted molar refractivity (Wildman–Crippen MR) is 310 cm³/mol. The van der Waals surface area contributed by atoms with Gasteiger partial charge in [0.1, 0.15) is 23.1 Å². The third-order valence-corrected chi connectivity index (χ3v) is 11.9. The highest BCUT2D eigenvalue weighted by atomic mass is 18.1. The molecule has 0 aliphatic heterocycles. The standard InChI is InChI=1S/4C14H24N4O/c4*1-10-9-11(2)17-14(16-10)15-8-6-7-13(12(3)19)18(4)5/h4*9,13H,6-8H2,1-5H3,(H,15,16,17)/i6+1,7+1,8+1,12+1,13+1,14+1;4+1,5+1,12+1,13+1,16+1,17+1;4+1,5+1,16+1,17+1,19+2;4D3. The molecule has 4 unspecified atom stereocenters. The zero-order valence-electron chi connectivity index (χ0n) is 52.6. The molecule has 4 N–H and O–H groups in total. The molecule has 76 heavy (non-hydrogen) atoms. The molecule has 0 fully saturated rings. The molecule has 4 heterocycles. The average molecular weight is 1080 g/mol. The van der Waals surface area contributed by atoms with E-state index in [4.69, 9.17) is 4.11 Å². The van der Waals surface area contributed by atoms with Gasteiger partial charge >= 0.3 is 0 Å². The van der Waals surface area contributed by atoms with Crippen molar-refractivity contribution in [1.82, 2.24) is 59.5 Å². The van der Waals surface area contributed by atoms with Crippen LogP contribution in [-0.4, -0.2) is 189 Å². The molecular weight excluding hydrogens is 979 g/mol. The molecule has 0 spiro atoms. The van der Waals surface area contributed by atoms with Crippen LogP contribution in [0.5, 0.6) is 0 Å². The van der Waals surface area contributed by atoms with Gasteiger partial charge in [0.15, 0.2) is 0 Å². The van der Waals surface area contributed by atoms with E-state index in [2.05, 4.69) is 61.1 Å². The van der Waals surface area contributed by atoms with Gasteiger partial charge in [-0.1, -0.05) is 0 Å². The molecule has 20 heteroatoms. The second-order valence-corrected chi connectivity index (χ2v) is 20.2. The number of hydrogen-bond donors (Lipinski definition) is 4. The Morgan fingerprint density at radius 3 is 0.776 bits per heavy atom. The normalized spacial score (nSPS) is 13.3. The quantitative estimate of drug-likeness (QED) is 0.0250. The molecule has 424 valence electrons. The van der Waals surface area contributed by atoms with Crippen molar-refractivity contribution in [3.8, 4) is 0 Å². The van der Waals surface area contributed by atoms with E-state index in [1.54, 1.807) is 20.8 Å². The van der Waals surface area contributed by atoms with Gasteiger partial charge in [0.2, 0.25) is 23.8 Å². The van der Waals surface area contributed by atoms with Crippen LogP contribution in [0.1, 0.15) is 129 Å². The van der Waals surface area contributed by atoms with Crippen LogP contribution in [0.15, 0.2) is 24.3 Å². The summed E-state index contributed by atoms with van der Waals surface area (Å²) < 4.78 is 22.2. The lowest BCUT2D eigenvalue weighted by atomic mass is 10.1. The van der Waals surface area contributed by atoms with Gasteiger partial charge in [-0.15, -0.1) is 0 Å². The van der Waals surface area contributed by atoms with Crippen LogP contribution >= 0.6 is 0 Å². The maximum Gasteiger partial charge on any atom is 0.223 e. The topological polar surface area (TPSA) is 232 Å². The van der Waals surface area contributed by atoms with E-state index in [0.29, 0.717) is 43.2 Å². The minimum atomic E-state index is -2.26. The molecule has 0 aliphatic rings. The molecule has 4 rings (SSSR count). The first-order chi connectivity index (χ1) is 36.8. The van der Waals surface area contributed by atoms with E-state index < -0.39 is 13.0 Å². The van der Waals surface area contributed by atoms with Gasteiger partial charge in [0.25, 0.3) is 0 Å². The van der Waals surface area contributed by atoms with E-state index in [-0.39, 0.29) is 41.3 Å². The number of Topliss-reactive ketones (excluding diaryl/α,β-unsaturated/α-hetero) is 4. The highest BCUT2D eigenvalue weighted by Crippen LogP contribution is 2.12. The van der Waals surface area contributed by atoms with E-state index in [0.717, 1.165) is 109 Å². The summed E-state index contributed by atoms with van der Waals surface area (Å²) in [7, 11) is 13.1. The number of ketones is 4. The lowest BCUT2D eigenvalue weighted by molar-refractivity contribution is -0.122. The first-order valence-corrected chi connectivity index (χ1v) is 26.3. The third-order valence-electron chi connectivity index (χ3n) is 11.9. The highest BCUT2D eigenvalue weighted by molar-refractivity contribution is 5.82. The molecule has 0 bridgehead atoms. The van der Waals surface area contributed by atoms with Crippen molar-refractivity contribution in [3.05, 3.63) is 69.8 Å². The number of nitrogens with zero attached hydrogens (tertiary/aromatic N) is 12. The summed E-state index contributed by atoms with van der Waals surface area (Å²) in [5, 5.41) is 12.7. The number of carbonyl (C=O) groups excluding carboxylic acids is 4. The van der Waals surface area contributed by atoms with Crippen molar-refractivity contribution >= 4 is 46.9 Å².